The Balaban J connectivity index is 1.97. The van der Waals surface area contributed by atoms with Crippen molar-refractivity contribution >= 4 is 67.9 Å². The van der Waals surface area contributed by atoms with Crippen LogP contribution in [0.15, 0.2) is 188 Å². The summed E-state index contributed by atoms with van der Waals surface area (Å²) in [7, 11) is -2.63. The molecular formula is C41H37Cl2P2+. The number of halogens is 2. The van der Waals surface area contributed by atoms with Crippen molar-refractivity contribution in [3.63, 3.8) is 0 Å². The fourth-order valence-electron chi connectivity index (χ4n) is 6.89. The molecule has 0 aromatic heterocycles. The van der Waals surface area contributed by atoms with E-state index in [2.05, 4.69) is 184 Å². The van der Waals surface area contributed by atoms with Gasteiger partial charge >= 0.3 is 280 Å². The Kier molecular flexibility index (Phi) is 9.15. The van der Waals surface area contributed by atoms with Crippen LogP contribution in [0.1, 0.15) is 13.8 Å². The Hall–Kier alpha value is -3.50. The van der Waals surface area contributed by atoms with Gasteiger partial charge in [0, 0.05) is 0 Å². The SMILES string of the molecule is CC(C)=CC([P+](c1ccccc1)(c1ccccc1)c1ccccc1)P(Cl)(c1ccccc1)(c1ccccc1)c1ccccc1Cl. The summed E-state index contributed by atoms with van der Waals surface area (Å²) in [4.78, 5) is 0. The second kappa shape index (κ2) is 13.1. The molecule has 6 rings (SSSR count). The number of benzene rings is 6. The summed E-state index contributed by atoms with van der Waals surface area (Å²) in [5.41, 5.74) is 1.21. The molecule has 0 bridgehead atoms. The molecule has 0 heterocycles. The molecule has 0 nitrogen and oxygen atoms in total. The summed E-state index contributed by atoms with van der Waals surface area (Å²) in [5.74, 6) is -4.08. The van der Waals surface area contributed by atoms with Crippen molar-refractivity contribution in [2.45, 2.75) is 19.2 Å². The first-order valence-electron chi connectivity index (χ1n) is 15.2. The monoisotopic (exact) mass is 661 g/mol. The van der Waals surface area contributed by atoms with Gasteiger partial charge in [0.05, 0.1) is 0 Å². The van der Waals surface area contributed by atoms with Crippen LogP contribution in [-0.2, 0) is 0 Å². The maximum atomic E-state index is 9.15. The molecule has 6 aromatic carbocycles. The van der Waals surface area contributed by atoms with Crippen molar-refractivity contribution in [2.75, 3.05) is 0 Å². The summed E-state index contributed by atoms with van der Waals surface area (Å²) < 4.78 is 0. The Morgan fingerprint density at radius 3 is 1.20 bits per heavy atom. The van der Waals surface area contributed by atoms with Crippen LogP contribution in [0.25, 0.3) is 0 Å². The average Bonchev–Trinajstić information content (AvgIpc) is 3.10. The fraction of sp³-hybridized carbons (Fsp3) is 0.0732. The molecule has 224 valence electrons. The molecule has 0 aliphatic carbocycles. The van der Waals surface area contributed by atoms with Crippen molar-refractivity contribution < 1.29 is 0 Å². The van der Waals surface area contributed by atoms with E-state index in [4.69, 9.17) is 22.8 Å². The molecule has 0 saturated carbocycles. The molecule has 0 N–H and O–H groups in total. The molecule has 0 aliphatic heterocycles. The van der Waals surface area contributed by atoms with Gasteiger partial charge in [-0.05, 0) is 0 Å². The van der Waals surface area contributed by atoms with E-state index in [1.807, 2.05) is 12.1 Å². The van der Waals surface area contributed by atoms with Crippen LogP contribution in [0.3, 0.4) is 0 Å². The van der Waals surface area contributed by atoms with Gasteiger partial charge in [0.15, 0.2) is 0 Å². The molecule has 0 radical (unpaired) electrons. The van der Waals surface area contributed by atoms with Crippen molar-refractivity contribution in [1.82, 2.24) is 0 Å². The van der Waals surface area contributed by atoms with E-state index in [9.17, 15) is 0 Å². The van der Waals surface area contributed by atoms with Gasteiger partial charge < -0.3 is 0 Å². The third-order valence-corrected chi connectivity index (χ3v) is 23.7. The molecule has 6 aromatic rings. The predicted octanol–water partition coefficient (Wildman–Crippen LogP) is 9.61. The van der Waals surface area contributed by atoms with E-state index >= 15 is 0 Å². The molecule has 45 heavy (non-hydrogen) atoms. The molecular weight excluding hydrogens is 625 g/mol. The number of rotatable bonds is 9. The van der Waals surface area contributed by atoms with Crippen molar-refractivity contribution in [3.05, 3.63) is 193 Å². The molecule has 1 unspecified atom stereocenters. The number of hydrogen-bond donors (Lipinski definition) is 0. The molecule has 0 aliphatic rings. The third kappa shape index (κ3) is 5.19. The van der Waals surface area contributed by atoms with E-state index in [1.54, 1.807) is 0 Å². The molecule has 0 saturated heterocycles. The predicted molar refractivity (Wildman–Crippen MR) is 204 cm³/mol. The van der Waals surface area contributed by atoms with Gasteiger partial charge in [-0.3, -0.25) is 0 Å². The zero-order chi connectivity index (χ0) is 31.4. The zero-order valence-electron chi connectivity index (χ0n) is 25.5. The Morgan fingerprint density at radius 1 is 0.511 bits per heavy atom. The van der Waals surface area contributed by atoms with Crippen LogP contribution in [0.4, 0.5) is 0 Å². The van der Waals surface area contributed by atoms with E-state index in [0.717, 1.165) is 15.9 Å². The summed E-state index contributed by atoms with van der Waals surface area (Å²) in [5, 5.41) is 7.48. The van der Waals surface area contributed by atoms with Crippen LogP contribution >= 0.6 is 36.1 Å². The Labute approximate surface area is 278 Å². The number of allylic oxidation sites excluding steroid dienone is 2. The summed E-state index contributed by atoms with van der Waals surface area (Å²) in [6.07, 6.45) is 2.48. The van der Waals surface area contributed by atoms with Crippen LogP contribution in [0, 0.1) is 0 Å². The van der Waals surface area contributed by atoms with Crippen LogP contribution in [0.5, 0.6) is 0 Å². The van der Waals surface area contributed by atoms with Gasteiger partial charge in [-0.15, -0.1) is 0 Å². The average molecular weight is 663 g/mol. The molecule has 4 heteroatoms. The maximum absolute atomic E-state index is 9.15. The van der Waals surface area contributed by atoms with Crippen LogP contribution < -0.4 is 31.8 Å². The summed E-state index contributed by atoms with van der Waals surface area (Å²) in [6.45, 7) is 4.40. The van der Waals surface area contributed by atoms with Crippen LogP contribution in [-0.4, -0.2) is 5.40 Å². The van der Waals surface area contributed by atoms with Crippen LogP contribution in [0.2, 0.25) is 5.02 Å². The first-order chi connectivity index (χ1) is 21.9. The zero-order valence-corrected chi connectivity index (χ0v) is 28.8. The Bertz CT molecular complexity index is 1750. The fourth-order valence-corrected chi connectivity index (χ4v) is 24.1. The minimum absolute atomic E-state index is 0.202. The second-order valence-electron chi connectivity index (χ2n) is 11.6. The van der Waals surface area contributed by atoms with Gasteiger partial charge in [0.2, 0.25) is 0 Å². The first kappa shape index (κ1) is 31.5. The van der Waals surface area contributed by atoms with Gasteiger partial charge in [0.25, 0.3) is 0 Å². The van der Waals surface area contributed by atoms with E-state index in [1.165, 1.54) is 21.5 Å². The second-order valence-corrected chi connectivity index (χ2v) is 22.3. The van der Waals surface area contributed by atoms with E-state index in [0.29, 0.717) is 5.02 Å². The summed E-state index contributed by atoms with van der Waals surface area (Å²) >= 11 is 16.6. The third-order valence-electron chi connectivity index (χ3n) is 8.71. The number of hydrogen-bond acceptors (Lipinski definition) is 0. The topological polar surface area (TPSA) is 0 Å². The molecule has 0 fully saturated rings. The van der Waals surface area contributed by atoms with Gasteiger partial charge in [-0.1, -0.05) is 0 Å². The van der Waals surface area contributed by atoms with Crippen molar-refractivity contribution in [3.8, 4) is 0 Å². The van der Waals surface area contributed by atoms with Gasteiger partial charge in [-0.25, -0.2) is 0 Å². The van der Waals surface area contributed by atoms with E-state index in [-0.39, 0.29) is 5.40 Å². The minimum atomic E-state index is -4.08. The van der Waals surface area contributed by atoms with E-state index < -0.39 is 13.2 Å². The first-order valence-corrected chi connectivity index (χ1v) is 20.7. The van der Waals surface area contributed by atoms with Crippen molar-refractivity contribution in [1.29, 1.82) is 0 Å². The van der Waals surface area contributed by atoms with Crippen molar-refractivity contribution in [2.24, 2.45) is 0 Å². The molecule has 0 spiro atoms. The standard InChI is InChI=1S/C41H37Cl2P2/c1-33(2)32-41(44(34-20-8-3-9-21-34,35-22-10-4-11-23-35)36-24-12-5-13-25-36)45(43,37-26-14-6-15-27-37,38-28-16-7-17-29-38)40-31-19-18-30-39(40)42/h3-32,41H,1-2H3/q+1. The van der Waals surface area contributed by atoms with Gasteiger partial charge in [-0.2, -0.15) is 0 Å². The Morgan fingerprint density at radius 2 is 0.844 bits per heavy atom. The quantitative estimate of drug-likeness (QED) is 0.107. The summed E-state index contributed by atoms with van der Waals surface area (Å²) in [6, 6.07) is 62.9. The molecule has 0 amide bonds. The molecule has 1 atom stereocenters. The normalized spacial score (nSPS) is 13.3. The van der Waals surface area contributed by atoms with Gasteiger partial charge in [0.1, 0.15) is 0 Å².